The van der Waals surface area contributed by atoms with E-state index in [2.05, 4.69) is 93.0 Å². The first kappa shape index (κ1) is 42.2. The van der Waals surface area contributed by atoms with Crippen LogP contribution in [0.3, 0.4) is 0 Å². The zero-order chi connectivity index (χ0) is 38.6. The summed E-state index contributed by atoms with van der Waals surface area (Å²) in [7, 11) is -4.09. The fourth-order valence-electron chi connectivity index (χ4n) is 5.32. The summed E-state index contributed by atoms with van der Waals surface area (Å²) < 4.78 is 46.1. The van der Waals surface area contributed by atoms with Gasteiger partial charge in [0.25, 0.3) is 0 Å². The van der Waals surface area contributed by atoms with Crippen LogP contribution in [-0.2, 0) is 18.6 Å². The molecular weight excluding hydrogens is 716 g/mol. The number of halogens is 1. The van der Waals surface area contributed by atoms with Gasteiger partial charge in [-0.05, 0) is 57.1 Å². The van der Waals surface area contributed by atoms with Gasteiger partial charge in [0.15, 0.2) is 23.2 Å². The molecule has 0 aliphatic carbocycles. The first-order valence-electron chi connectivity index (χ1n) is 18.1. The number of fused-ring (bicyclic) bond motifs is 1. The Morgan fingerprint density at radius 1 is 0.963 bits per heavy atom. The fourth-order valence-corrected chi connectivity index (χ4v) is 6.66. The monoisotopic (exact) mass is 767 g/mol. The van der Waals surface area contributed by atoms with Crippen molar-refractivity contribution in [3.8, 4) is 5.75 Å². The number of hydrogen-bond donors (Lipinski definition) is 5. The third-order valence-electron chi connectivity index (χ3n) is 8.09. The molecule has 1 amide bonds. The van der Waals surface area contributed by atoms with Gasteiger partial charge in [-0.2, -0.15) is 14.4 Å². The number of rotatable bonds is 23. The number of nitrogens with zero attached hydrogens (tertiary/aromatic N) is 4. The van der Waals surface area contributed by atoms with E-state index in [1.807, 2.05) is 0 Å². The lowest BCUT2D eigenvalue weighted by molar-refractivity contribution is -0.121. The molecule has 16 heteroatoms. The molecule has 1 saturated heterocycles. The van der Waals surface area contributed by atoms with Crippen LogP contribution in [0.25, 0.3) is 11.2 Å². The summed E-state index contributed by atoms with van der Waals surface area (Å²) in [6.07, 6.45) is 22.7. The van der Waals surface area contributed by atoms with E-state index >= 15 is 0 Å². The van der Waals surface area contributed by atoms with Crippen LogP contribution in [0.1, 0.15) is 64.5 Å². The minimum atomic E-state index is -4.09. The van der Waals surface area contributed by atoms with E-state index in [1.165, 1.54) is 10.9 Å². The molecule has 14 nitrogen and oxygen atoms in total. The summed E-state index contributed by atoms with van der Waals surface area (Å²) in [6, 6.07) is 8.33. The standard InChI is InChI=1S/C38H51FN7O7P/c1-2-3-4-5-6-7-8-9-10-11-12-13-14-15-16-17-21-24-31(47)41-25-26-43-54(50,53-29-22-19-18-20-23-29)51-27-30-33(48)34(49)37(52-30)46-28-42-32-35(40)44-38(39)45-36(32)46/h3-4,6-7,9-10,12-13,15-16,18-20,22-23,28,30,33-34,37,48-49H,2,5,8,11,14,17,21,24-27H2,1H3,(H,41,47)(H,43,50)(H2,40,44,45). The second-order valence-corrected chi connectivity index (χ2v) is 14.1. The molecule has 54 heavy (non-hydrogen) atoms. The molecule has 3 heterocycles. The number of amides is 1. The normalized spacial score (nSPS) is 20.4. The van der Waals surface area contributed by atoms with Crippen LogP contribution in [0.5, 0.6) is 5.75 Å². The highest BCUT2D eigenvalue weighted by molar-refractivity contribution is 7.52. The van der Waals surface area contributed by atoms with Crippen LogP contribution in [0, 0.1) is 6.08 Å². The third-order valence-corrected chi connectivity index (χ3v) is 9.65. The molecule has 5 atom stereocenters. The van der Waals surface area contributed by atoms with Crippen LogP contribution >= 0.6 is 7.75 Å². The zero-order valence-corrected chi connectivity index (χ0v) is 31.3. The number of nitrogens with one attached hydrogen (secondary N) is 2. The Morgan fingerprint density at radius 3 is 2.28 bits per heavy atom. The first-order chi connectivity index (χ1) is 26.2. The molecule has 4 rings (SSSR count). The fraction of sp³-hybridized carbons (Fsp3) is 0.421. The number of aromatic nitrogens is 4. The van der Waals surface area contributed by atoms with Crippen molar-refractivity contribution in [1.82, 2.24) is 29.9 Å². The molecule has 3 aromatic rings. The topological polar surface area (TPSA) is 196 Å². The lowest BCUT2D eigenvalue weighted by Crippen LogP contribution is -2.35. The summed E-state index contributed by atoms with van der Waals surface area (Å²) in [5, 5.41) is 27.0. The molecular formula is C38H51FN7O7P. The molecule has 5 unspecified atom stereocenters. The highest BCUT2D eigenvalue weighted by Gasteiger charge is 2.45. The van der Waals surface area contributed by atoms with E-state index in [-0.39, 0.29) is 41.7 Å². The first-order valence-corrected chi connectivity index (χ1v) is 19.7. The molecule has 1 aliphatic heterocycles. The molecule has 0 bridgehead atoms. The van der Waals surface area contributed by atoms with Gasteiger partial charge in [0.2, 0.25) is 5.91 Å². The summed E-state index contributed by atoms with van der Waals surface area (Å²) in [5.74, 6) is -0.0977. The predicted molar refractivity (Wildman–Crippen MR) is 206 cm³/mol. The minimum Gasteiger partial charge on any atom is -0.413 e. The maximum Gasteiger partial charge on any atom is 0.458 e. The second-order valence-electron chi connectivity index (χ2n) is 12.3. The van der Waals surface area contributed by atoms with Crippen LogP contribution < -0.4 is 20.7 Å². The Kier molecular flexibility index (Phi) is 17.7. The smallest absolute Gasteiger partial charge is 0.413 e. The molecule has 292 valence electrons. The Bertz CT molecular complexity index is 1800. The van der Waals surface area contributed by atoms with Crippen molar-refractivity contribution in [3.63, 3.8) is 0 Å². The van der Waals surface area contributed by atoms with Crippen molar-refractivity contribution in [1.29, 1.82) is 0 Å². The molecule has 1 aromatic carbocycles. The number of anilines is 1. The number of benzene rings is 1. The summed E-state index contributed by atoms with van der Waals surface area (Å²) in [4.78, 5) is 23.6. The van der Waals surface area contributed by atoms with Gasteiger partial charge in [0.1, 0.15) is 24.1 Å². The number of carbonyl (C=O) groups excluding carboxylic acids is 1. The van der Waals surface area contributed by atoms with E-state index in [0.29, 0.717) is 12.8 Å². The van der Waals surface area contributed by atoms with E-state index in [0.717, 1.165) is 38.5 Å². The Morgan fingerprint density at radius 2 is 1.61 bits per heavy atom. The summed E-state index contributed by atoms with van der Waals surface area (Å²) in [6.45, 7) is 1.85. The third kappa shape index (κ3) is 13.7. The van der Waals surface area contributed by atoms with Gasteiger partial charge in [-0.1, -0.05) is 85.9 Å². The highest BCUT2D eigenvalue weighted by Crippen LogP contribution is 2.45. The quantitative estimate of drug-likeness (QED) is 0.0327. The van der Waals surface area contributed by atoms with Gasteiger partial charge >= 0.3 is 13.8 Å². The molecule has 0 radical (unpaired) electrons. The van der Waals surface area contributed by atoms with Gasteiger partial charge in [-0.3, -0.25) is 13.9 Å². The molecule has 0 saturated carbocycles. The van der Waals surface area contributed by atoms with E-state index in [1.54, 1.807) is 30.3 Å². The van der Waals surface area contributed by atoms with Crippen LogP contribution in [0.15, 0.2) is 97.4 Å². The molecule has 0 spiro atoms. The van der Waals surface area contributed by atoms with Gasteiger partial charge in [-0.25, -0.2) is 14.6 Å². The number of allylic oxidation sites excluding steroid dienone is 10. The minimum absolute atomic E-state index is 0.0394. The number of nitrogen functional groups attached to an aromatic ring is 1. The zero-order valence-electron chi connectivity index (χ0n) is 30.5. The largest absolute Gasteiger partial charge is 0.458 e. The molecule has 1 fully saturated rings. The second kappa shape index (κ2) is 22.7. The number of para-hydroxylation sites is 1. The SMILES string of the molecule is CCC=CCC=CCC=CCC=CCC=CCCCC(=O)NCCNP(=O)(OCC1OC(n2cnc3c(N)nc(F)nc32)C(O)C1O)Oc1ccccc1. The molecule has 1 aliphatic rings. The summed E-state index contributed by atoms with van der Waals surface area (Å²) in [5.41, 5.74) is 5.77. The van der Waals surface area contributed by atoms with Crippen molar-refractivity contribution in [3.05, 3.63) is 103 Å². The predicted octanol–water partition coefficient (Wildman–Crippen LogP) is 6.00. The van der Waals surface area contributed by atoms with Gasteiger partial charge in [-0.15, -0.1) is 0 Å². The number of hydrogen-bond acceptors (Lipinski definition) is 11. The Balaban J connectivity index is 1.16. The Hall–Kier alpha value is -4.50. The number of ether oxygens (including phenoxy) is 1. The number of nitrogens with two attached hydrogens (primary N) is 1. The van der Waals surface area contributed by atoms with Crippen LogP contribution in [0.2, 0.25) is 0 Å². The van der Waals surface area contributed by atoms with Gasteiger partial charge < -0.3 is 30.5 Å². The number of aliphatic hydroxyl groups is 2. The molecule has 6 N–H and O–H groups in total. The van der Waals surface area contributed by atoms with Crippen molar-refractivity contribution >= 4 is 30.6 Å². The van der Waals surface area contributed by atoms with Crippen molar-refractivity contribution in [2.45, 2.75) is 82.8 Å². The maximum absolute atomic E-state index is 13.9. The number of unbranched alkanes of at least 4 members (excludes halogenated alkanes) is 1. The van der Waals surface area contributed by atoms with Gasteiger partial charge in [0.05, 0.1) is 12.9 Å². The van der Waals surface area contributed by atoms with Gasteiger partial charge in [0, 0.05) is 19.5 Å². The highest BCUT2D eigenvalue weighted by atomic mass is 31.2. The number of carbonyl (C=O) groups is 1. The van der Waals surface area contributed by atoms with Crippen LogP contribution in [0.4, 0.5) is 10.2 Å². The van der Waals surface area contributed by atoms with E-state index in [4.69, 9.17) is 19.5 Å². The molecule has 2 aromatic heterocycles. The summed E-state index contributed by atoms with van der Waals surface area (Å²) >= 11 is 0. The average Bonchev–Trinajstić information content (AvgIpc) is 3.70. The van der Waals surface area contributed by atoms with E-state index < -0.39 is 45.0 Å². The number of aliphatic hydroxyl groups excluding tert-OH is 2. The maximum atomic E-state index is 13.9. The number of imidazole rings is 1. The average molecular weight is 768 g/mol. The van der Waals surface area contributed by atoms with Crippen molar-refractivity contribution in [2.75, 3.05) is 25.4 Å². The van der Waals surface area contributed by atoms with Crippen LogP contribution in [-0.4, -0.2) is 73.6 Å². The van der Waals surface area contributed by atoms with Crippen molar-refractivity contribution in [2.24, 2.45) is 0 Å². The Labute approximate surface area is 315 Å². The van der Waals surface area contributed by atoms with Crippen molar-refractivity contribution < 1.29 is 37.7 Å². The van der Waals surface area contributed by atoms with E-state index in [9.17, 15) is 24.0 Å². The lowest BCUT2D eigenvalue weighted by Gasteiger charge is -2.22. The lowest BCUT2D eigenvalue weighted by atomic mass is 10.1.